The van der Waals surface area contributed by atoms with E-state index in [1.807, 2.05) is 79.6 Å². The van der Waals surface area contributed by atoms with Gasteiger partial charge in [-0.1, -0.05) is 46.1 Å². The van der Waals surface area contributed by atoms with Crippen LogP contribution >= 0.6 is 0 Å². The Hall–Kier alpha value is -4.63. The zero-order valence-electron chi connectivity index (χ0n) is 22.6. The first kappa shape index (κ1) is 26.0. The first-order valence-electron chi connectivity index (χ1n) is 12.6. The van der Waals surface area contributed by atoms with Crippen LogP contribution in [-0.4, -0.2) is 73.2 Å². The molecule has 2 aliphatic rings. The van der Waals surface area contributed by atoms with E-state index in [4.69, 9.17) is 14.2 Å². The number of rotatable bonds is 7. The van der Waals surface area contributed by atoms with Crippen LogP contribution in [-0.2, 0) is 9.59 Å². The highest BCUT2D eigenvalue weighted by Crippen LogP contribution is 2.39. The summed E-state index contributed by atoms with van der Waals surface area (Å²) in [5.74, 6) is 0.941. The third-order valence-corrected chi connectivity index (χ3v) is 7.07. The van der Waals surface area contributed by atoms with Crippen LogP contribution in [0.3, 0.4) is 0 Å². The van der Waals surface area contributed by atoms with Crippen LogP contribution in [0.4, 0.5) is 11.4 Å². The Labute approximate surface area is 227 Å². The van der Waals surface area contributed by atoms with Crippen LogP contribution in [0.5, 0.6) is 17.2 Å². The Kier molecular flexibility index (Phi) is 7.08. The van der Waals surface area contributed by atoms with Crippen molar-refractivity contribution in [1.82, 2.24) is 10.0 Å². The number of likely N-dealkylation sites (N-methyl/N-ethyl adjacent to an activating group) is 1. The second-order valence-corrected chi connectivity index (χ2v) is 9.26. The number of methoxy groups -OCH3 is 3. The van der Waals surface area contributed by atoms with Gasteiger partial charge in [-0.15, -0.1) is 0 Å². The van der Waals surface area contributed by atoms with Gasteiger partial charge in [0, 0.05) is 19.2 Å². The first-order chi connectivity index (χ1) is 18.9. The monoisotopic (exact) mass is 527 g/mol. The van der Waals surface area contributed by atoms with Crippen molar-refractivity contribution in [3.8, 4) is 17.2 Å². The smallest absolute Gasteiger partial charge is 0.315 e. The molecule has 2 heterocycles. The molecule has 5 rings (SSSR count). The molecule has 0 N–H and O–H groups in total. The SMILES string of the molecule is COc1cc(/C=C2\C=[N+](c3ccccc3)N(C3C(=O)N(c4ccccc4)N(C)C3C)C2=O)cc(OC)c1OC. The average Bonchev–Trinajstić information content (AvgIpc) is 3.39. The second kappa shape index (κ2) is 10.6. The lowest BCUT2D eigenvalue weighted by molar-refractivity contribution is -0.598. The molecular weight excluding hydrogens is 496 g/mol. The van der Waals surface area contributed by atoms with Crippen molar-refractivity contribution >= 4 is 35.5 Å². The molecule has 2 atom stereocenters. The van der Waals surface area contributed by atoms with Gasteiger partial charge < -0.3 is 14.2 Å². The summed E-state index contributed by atoms with van der Waals surface area (Å²) >= 11 is 0. The van der Waals surface area contributed by atoms with Gasteiger partial charge in [-0.3, -0.25) is 9.59 Å². The van der Waals surface area contributed by atoms with Crippen LogP contribution in [0.15, 0.2) is 78.4 Å². The maximum atomic E-state index is 14.1. The quantitative estimate of drug-likeness (QED) is 0.343. The number of carbonyl (C=O) groups is 2. The van der Waals surface area contributed by atoms with Crippen LogP contribution in [0.2, 0.25) is 0 Å². The molecular formula is C30H31N4O5+. The normalized spacial score (nSPS) is 20.5. The van der Waals surface area contributed by atoms with Gasteiger partial charge >= 0.3 is 5.91 Å². The van der Waals surface area contributed by atoms with E-state index in [-0.39, 0.29) is 17.9 Å². The van der Waals surface area contributed by atoms with Crippen LogP contribution < -0.4 is 19.2 Å². The average molecular weight is 528 g/mol. The number of hydrazine groups is 2. The van der Waals surface area contributed by atoms with Crippen LogP contribution in [0, 0.1) is 0 Å². The minimum Gasteiger partial charge on any atom is -0.493 e. The summed E-state index contributed by atoms with van der Waals surface area (Å²) in [6.07, 6.45) is 3.51. The highest BCUT2D eigenvalue weighted by atomic mass is 16.5. The maximum Gasteiger partial charge on any atom is 0.315 e. The lowest BCUT2D eigenvalue weighted by Crippen LogP contribution is -2.50. The number of hydrogen-bond acceptors (Lipinski definition) is 6. The number of hydrogen-bond donors (Lipinski definition) is 0. The molecule has 1 fully saturated rings. The summed E-state index contributed by atoms with van der Waals surface area (Å²) in [5.41, 5.74) is 2.61. The predicted octanol–water partition coefficient (Wildman–Crippen LogP) is 3.92. The van der Waals surface area contributed by atoms with E-state index in [0.29, 0.717) is 28.4 Å². The maximum absolute atomic E-state index is 14.1. The number of para-hydroxylation sites is 2. The molecule has 3 aromatic carbocycles. The van der Waals surface area contributed by atoms with E-state index in [0.717, 1.165) is 11.4 Å². The molecule has 9 heteroatoms. The molecule has 0 aromatic heterocycles. The molecule has 1 saturated heterocycles. The molecule has 0 bridgehead atoms. The molecule has 0 saturated carbocycles. The van der Waals surface area contributed by atoms with Crippen LogP contribution in [0.25, 0.3) is 6.08 Å². The third kappa shape index (κ3) is 4.51. The topological polar surface area (TPSA) is 74.6 Å². The first-order valence-corrected chi connectivity index (χ1v) is 12.6. The third-order valence-electron chi connectivity index (χ3n) is 7.07. The second-order valence-electron chi connectivity index (χ2n) is 9.26. The van der Waals surface area contributed by atoms with E-state index < -0.39 is 6.04 Å². The van der Waals surface area contributed by atoms with Gasteiger partial charge in [-0.05, 0) is 42.8 Å². The molecule has 0 aliphatic carbocycles. The fourth-order valence-corrected chi connectivity index (χ4v) is 5.04. The highest BCUT2D eigenvalue weighted by molar-refractivity contribution is 6.18. The summed E-state index contributed by atoms with van der Waals surface area (Å²) in [6.45, 7) is 1.95. The zero-order valence-corrected chi connectivity index (χ0v) is 22.6. The fourth-order valence-electron chi connectivity index (χ4n) is 5.04. The zero-order chi connectivity index (χ0) is 27.7. The molecule has 0 spiro atoms. The molecule has 3 aromatic rings. The van der Waals surface area contributed by atoms with E-state index in [9.17, 15) is 9.59 Å². The van der Waals surface area contributed by atoms with Crippen molar-refractivity contribution in [2.75, 3.05) is 33.4 Å². The molecule has 2 amide bonds. The Balaban J connectivity index is 1.60. The summed E-state index contributed by atoms with van der Waals surface area (Å²) < 4.78 is 18.2. The number of amides is 2. The number of anilines is 1. The summed E-state index contributed by atoms with van der Waals surface area (Å²) in [7, 11) is 6.49. The van der Waals surface area contributed by atoms with Gasteiger partial charge in [0.25, 0.3) is 5.91 Å². The van der Waals surface area contributed by atoms with E-state index in [1.54, 1.807) is 53.3 Å². The Morgan fingerprint density at radius 1 is 0.846 bits per heavy atom. The van der Waals surface area contributed by atoms with Crippen molar-refractivity contribution < 1.29 is 28.5 Å². The van der Waals surface area contributed by atoms with Crippen molar-refractivity contribution in [2.45, 2.75) is 19.0 Å². The van der Waals surface area contributed by atoms with Crippen molar-refractivity contribution in [3.05, 3.63) is 83.9 Å². The van der Waals surface area contributed by atoms with Gasteiger partial charge in [-0.25, -0.2) is 10.0 Å². The van der Waals surface area contributed by atoms with Crippen molar-refractivity contribution in [1.29, 1.82) is 0 Å². The summed E-state index contributed by atoms with van der Waals surface area (Å²) in [5, 5.41) is 5.05. The Morgan fingerprint density at radius 2 is 1.44 bits per heavy atom. The van der Waals surface area contributed by atoms with Gasteiger partial charge in [0.05, 0.1) is 33.1 Å². The lowest BCUT2D eigenvalue weighted by atomic mass is 10.1. The van der Waals surface area contributed by atoms with Crippen molar-refractivity contribution in [3.63, 3.8) is 0 Å². The molecule has 39 heavy (non-hydrogen) atoms. The van der Waals surface area contributed by atoms with Gasteiger partial charge in [0.1, 0.15) is 5.57 Å². The van der Waals surface area contributed by atoms with Crippen molar-refractivity contribution in [2.24, 2.45) is 0 Å². The predicted molar refractivity (Wildman–Crippen MR) is 148 cm³/mol. The van der Waals surface area contributed by atoms with E-state index >= 15 is 0 Å². The van der Waals surface area contributed by atoms with Gasteiger partial charge in [0.2, 0.25) is 17.7 Å². The summed E-state index contributed by atoms with van der Waals surface area (Å²) in [4.78, 5) is 28.0. The van der Waals surface area contributed by atoms with Gasteiger partial charge in [-0.2, -0.15) is 0 Å². The van der Waals surface area contributed by atoms with Crippen LogP contribution in [0.1, 0.15) is 12.5 Å². The van der Waals surface area contributed by atoms with E-state index in [1.165, 1.54) is 7.11 Å². The number of benzene rings is 3. The lowest BCUT2D eigenvalue weighted by Gasteiger charge is -2.26. The fraction of sp³-hybridized carbons (Fsp3) is 0.233. The Morgan fingerprint density at radius 3 is 2.00 bits per heavy atom. The molecule has 200 valence electrons. The highest BCUT2D eigenvalue weighted by Gasteiger charge is 2.55. The minimum absolute atomic E-state index is 0.187. The standard InChI is InChI=1S/C30H31N4O5/c1-20-27(30(36)33(31(20)2)24-14-10-7-11-15-24)34-29(35)22(19-32(34)23-12-8-6-9-13-23)16-21-17-25(37-3)28(39-5)26(18-21)38-4/h6-20,27H,1-5H3/q+1/b22-16+. The van der Waals surface area contributed by atoms with E-state index in [2.05, 4.69) is 0 Å². The number of hydrazone groups is 1. The molecule has 2 unspecified atom stereocenters. The largest absolute Gasteiger partial charge is 0.493 e. The molecule has 0 radical (unpaired) electrons. The Bertz CT molecular complexity index is 1430. The molecule has 2 aliphatic heterocycles. The number of nitrogens with zero attached hydrogens (tertiary/aromatic N) is 4. The minimum atomic E-state index is -0.759. The summed E-state index contributed by atoms with van der Waals surface area (Å²) in [6, 6.07) is 21.5. The molecule has 9 nitrogen and oxygen atoms in total. The van der Waals surface area contributed by atoms with Gasteiger partial charge in [0.15, 0.2) is 17.5 Å². The number of carbonyl (C=O) groups excluding carboxylic acids is 2. The number of ether oxygens (including phenoxy) is 3.